The predicted molar refractivity (Wildman–Crippen MR) is 98.9 cm³/mol. The van der Waals surface area contributed by atoms with Gasteiger partial charge in [-0.3, -0.25) is 4.98 Å². The zero-order valence-corrected chi connectivity index (χ0v) is 15.3. The molecular formula is C19H22N4S. The molecule has 3 aromatic rings. The number of thioether (sulfide) groups is 1. The van der Waals surface area contributed by atoms with Gasteiger partial charge in [0.1, 0.15) is 0 Å². The van der Waals surface area contributed by atoms with Gasteiger partial charge in [0.25, 0.3) is 0 Å². The normalized spacial score (nSPS) is 11.7. The lowest BCUT2D eigenvalue weighted by Gasteiger charge is -2.19. The highest BCUT2D eigenvalue weighted by atomic mass is 32.2. The van der Waals surface area contributed by atoms with Crippen molar-refractivity contribution in [1.82, 2.24) is 19.7 Å². The first-order valence-corrected chi connectivity index (χ1v) is 8.96. The summed E-state index contributed by atoms with van der Waals surface area (Å²) in [5.41, 5.74) is 3.81. The zero-order valence-electron chi connectivity index (χ0n) is 14.5. The third kappa shape index (κ3) is 3.67. The maximum atomic E-state index is 4.31. The summed E-state index contributed by atoms with van der Waals surface area (Å²) >= 11 is 1.70. The fourth-order valence-corrected chi connectivity index (χ4v) is 3.30. The standard InChI is InChI=1S/C19H22N4S/c1-19(2,3)16-9-7-14(8-10-16)13-24-18-22-21-17(23(18)4)15-6-5-11-20-12-15/h5-12H,13H2,1-4H3. The van der Waals surface area contributed by atoms with Gasteiger partial charge in [-0.15, -0.1) is 10.2 Å². The van der Waals surface area contributed by atoms with E-state index in [9.17, 15) is 0 Å². The molecule has 2 heterocycles. The van der Waals surface area contributed by atoms with Crippen LogP contribution in [0.25, 0.3) is 11.4 Å². The van der Waals surface area contributed by atoms with E-state index in [0.717, 1.165) is 22.3 Å². The minimum absolute atomic E-state index is 0.188. The molecule has 3 rings (SSSR count). The molecule has 1 aromatic carbocycles. The molecule has 0 spiro atoms. The summed E-state index contributed by atoms with van der Waals surface area (Å²) in [6, 6.07) is 12.7. The first-order valence-electron chi connectivity index (χ1n) is 7.97. The van der Waals surface area contributed by atoms with E-state index in [4.69, 9.17) is 0 Å². The Hall–Kier alpha value is -2.14. The molecule has 0 atom stereocenters. The van der Waals surface area contributed by atoms with E-state index in [0.29, 0.717) is 0 Å². The predicted octanol–water partition coefficient (Wildman–Crippen LogP) is 4.47. The molecule has 2 aromatic heterocycles. The van der Waals surface area contributed by atoms with Crippen LogP contribution in [0.3, 0.4) is 0 Å². The molecule has 0 bridgehead atoms. The van der Waals surface area contributed by atoms with Gasteiger partial charge in [0, 0.05) is 30.8 Å². The summed E-state index contributed by atoms with van der Waals surface area (Å²) < 4.78 is 2.02. The summed E-state index contributed by atoms with van der Waals surface area (Å²) in [6.07, 6.45) is 3.57. The average Bonchev–Trinajstić information content (AvgIpc) is 2.94. The van der Waals surface area contributed by atoms with Crippen molar-refractivity contribution in [2.75, 3.05) is 0 Å². The minimum Gasteiger partial charge on any atom is -0.305 e. The van der Waals surface area contributed by atoms with E-state index in [1.807, 2.05) is 29.9 Å². The Morgan fingerprint density at radius 1 is 1.04 bits per heavy atom. The van der Waals surface area contributed by atoms with Crippen molar-refractivity contribution in [2.24, 2.45) is 7.05 Å². The molecule has 0 N–H and O–H groups in total. The number of nitrogens with zero attached hydrogens (tertiary/aromatic N) is 4. The van der Waals surface area contributed by atoms with Crippen molar-refractivity contribution < 1.29 is 0 Å². The van der Waals surface area contributed by atoms with Gasteiger partial charge in [-0.05, 0) is 28.7 Å². The second kappa shape index (κ2) is 6.77. The van der Waals surface area contributed by atoms with Crippen molar-refractivity contribution in [2.45, 2.75) is 37.1 Å². The lowest BCUT2D eigenvalue weighted by atomic mass is 9.87. The fraction of sp³-hybridized carbons (Fsp3) is 0.316. The molecule has 5 heteroatoms. The van der Waals surface area contributed by atoms with Crippen molar-refractivity contribution in [3.8, 4) is 11.4 Å². The third-order valence-electron chi connectivity index (χ3n) is 3.94. The van der Waals surface area contributed by atoms with Crippen LogP contribution >= 0.6 is 11.8 Å². The summed E-state index contributed by atoms with van der Waals surface area (Å²) in [5.74, 6) is 1.72. The number of rotatable bonds is 4. The van der Waals surface area contributed by atoms with E-state index >= 15 is 0 Å². The second-order valence-electron chi connectivity index (χ2n) is 6.84. The lowest BCUT2D eigenvalue weighted by molar-refractivity contribution is 0.590. The Morgan fingerprint density at radius 2 is 1.79 bits per heavy atom. The Bertz CT molecular complexity index is 802. The number of hydrogen-bond acceptors (Lipinski definition) is 4. The largest absolute Gasteiger partial charge is 0.305 e. The molecule has 0 aliphatic rings. The Balaban J connectivity index is 1.71. The maximum Gasteiger partial charge on any atom is 0.191 e. The Kier molecular flexibility index (Phi) is 4.71. The van der Waals surface area contributed by atoms with Crippen LogP contribution in [-0.2, 0) is 18.2 Å². The minimum atomic E-state index is 0.188. The van der Waals surface area contributed by atoms with Crippen LogP contribution in [-0.4, -0.2) is 19.7 Å². The summed E-state index contributed by atoms with van der Waals surface area (Å²) in [7, 11) is 1.99. The molecule has 0 amide bonds. The van der Waals surface area contributed by atoms with E-state index in [2.05, 4.69) is 60.2 Å². The second-order valence-corrected chi connectivity index (χ2v) is 7.78. The van der Waals surface area contributed by atoms with Gasteiger partial charge in [-0.25, -0.2) is 0 Å². The van der Waals surface area contributed by atoms with Gasteiger partial charge >= 0.3 is 0 Å². The molecule has 4 nitrogen and oxygen atoms in total. The van der Waals surface area contributed by atoms with Crippen LogP contribution in [0.2, 0.25) is 0 Å². The lowest BCUT2D eigenvalue weighted by Crippen LogP contribution is -2.10. The molecule has 0 unspecified atom stereocenters. The quantitative estimate of drug-likeness (QED) is 0.659. The molecule has 0 saturated carbocycles. The number of pyridine rings is 1. The molecule has 24 heavy (non-hydrogen) atoms. The van der Waals surface area contributed by atoms with Gasteiger partial charge in [0.2, 0.25) is 0 Å². The highest BCUT2D eigenvalue weighted by Crippen LogP contribution is 2.27. The van der Waals surface area contributed by atoms with E-state index < -0.39 is 0 Å². The first-order chi connectivity index (χ1) is 11.4. The molecule has 0 aliphatic carbocycles. The van der Waals surface area contributed by atoms with Crippen LogP contribution in [0, 0.1) is 0 Å². The van der Waals surface area contributed by atoms with Crippen LogP contribution < -0.4 is 0 Å². The monoisotopic (exact) mass is 338 g/mol. The molecule has 0 radical (unpaired) electrons. The first kappa shape index (κ1) is 16.7. The molecule has 0 aliphatic heterocycles. The third-order valence-corrected chi connectivity index (χ3v) is 5.03. The van der Waals surface area contributed by atoms with Crippen molar-refractivity contribution >= 4 is 11.8 Å². The van der Waals surface area contributed by atoms with Gasteiger partial charge in [0.05, 0.1) is 0 Å². The molecule has 124 valence electrons. The topological polar surface area (TPSA) is 43.6 Å². The SMILES string of the molecule is Cn1c(SCc2ccc(C(C)(C)C)cc2)nnc1-c1cccnc1. The number of aromatic nitrogens is 4. The average molecular weight is 338 g/mol. The van der Waals surface area contributed by atoms with Crippen LogP contribution in [0.1, 0.15) is 31.9 Å². The van der Waals surface area contributed by atoms with Gasteiger partial charge in [-0.1, -0.05) is 56.8 Å². The fourth-order valence-electron chi connectivity index (χ4n) is 2.44. The van der Waals surface area contributed by atoms with Crippen LogP contribution in [0.15, 0.2) is 53.9 Å². The molecular weight excluding hydrogens is 316 g/mol. The van der Waals surface area contributed by atoms with Gasteiger partial charge in [0.15, 0.2) is 11.0 Å². The van der Waals surface area contributed by atoms with Gasteiger partial charge in [-0.2, -0.15) is 0 Å². The Morgan fingerprint density at radius 3 is 2.42 bits per heavy atom. The molecule has 0 fully saturated rings. The van der Waals surface area contributed by atoms with E-state index in [-0.39, 0.29) is 5.41 Å². The van der Waals surface area contributed by atoms with Crippen molar-refractivity contribution in [3.05, 3.63) is 59.9 Å². The smallest absolute Gasteiger partial charge is 0.191 e. The van der Waals surface area contributed by atoms with E-state index in [1.165, 1.54) is 11.1 Å². The summed E-state index contributed by atoms with van der Waals surface area (Å²) in [5, 5.41) is 9.52. The van der Waals surface area contributed by atoms with Gasteiger partial charge < -0.3 is 4.57 Å². The number of benzene rings is 1. The van der Waals surface area contributed by atoms with Crippen LogP contribution in [0.4, 0.5) is 0 Å². The highest BCUT2D eigenvalue weighted by molar-refractivity contribution is 7.98. The Labute approximate surface area is 147 Å². The van der Waals surface area contributed by atoms with Crippen molar-refractivity contribution in [3.63, 3.8) is 0 Å². The van der Waals surface area contributed by atoms with Crippen LogP contribution in [0.5, 0.6) is 0 Å². The molecule has 0 saturated heterocycles. The van der Waals surface area contributed by atoms with Crippen molar-refractivity contribution in [1.29, 1.82) is 0 Å². The highest BCUT2D eigenvalue weighted by Gasteiger charge is 2.14. The summed E-state index contributed by atoms with van der Waals surface area (Å²) in [4.78, 5) is 4.15. The van der Waals surface area contributed by atoms with E-state index in [1.54, 1.807) is 18.0 Å². The number of hydrogen-bond donors (Lipinski definition) is 0. The zero-order chi connectivity index (χ0) is 17.2. The summed E-state index contributed by atoms with van der Waals surface area (Å²) in [6.45, 7) is 6.70. The maximum absolute atomic E-state index is 4.31.